The summed E-state index contributed by atoms with van der Waals surface area (Å²) in [6.45, 7) is 5.36. The minimum atomic E-state index is 0.603. The van der Waals surface area contributed by atoms with Crippen molar-refractivity contribution in [2.24, 2.45) is 10.8 Å². The third-order valence-corrected chi connectivity index (χ3v) is 6.61. The fourth-order valence-corrected chi connectivity index (χ4v) is 5.35. The lowest BCUT2D eigenvalue weighted by atomic mass is 9.68. The molecule has 0 aromatic rings. The van der Waals surface area contributed by atoms with Gasteiger partial charge in [-0.2, -0.15) is 0 Å². The summed E-state index contributed by atoms with van der Waals surface area (Å²) >= 11 is 0. The quantitative estimate of drug-likeness (QED) is 0.841. The normalized spacial score (nSPS) is 29.9. The molecule has 20 heavy (non-hydrogen) atoms. The predicted octanol–water partition coefficient (Wildman–Crippen LogP) is 3.81. The second kappa shape index (κ2) is 6.36. The highest BCUT2D eigenvalue weighted by atomic mass is 15.1. The van der Waals surface area contributed by atoms with Crippen molar-refractivity contribution in [3.05, 3.63) is 0 Å². The van der Waals surface area contributed by atoms with Crippen LogP contribution in [0.4, 0.5) is 0 Å². The molecule has 0 amide bonds. The van der Waals surface area contributed by atoms with Gasteiger partial charge in [0.05, 0.1) is 0 Å². The Kier molecular flexibility index (Phi) is 4.72. The summed E-state index contributed by atoms with van der Waals surface area (Å²) in [5, 5.41) is 3.47. The first-order valence-electron chi connectivity index (χ1n) is 9.13. The van der Waals surface area contributed by atoms with Gasteiger partial charge in [-0.1, -0.05) is 32.1 Å². The molecule has 1 aliphatic heterocycles. The van der Waals surface area contributed by atoms with Crippen molar-refractivity contribution < 1.29 is 0 Å². The fourth-order valence-electron chi connectivity index (χ4n) is 5.35. The minimum absolute atomic E-state index is 0.603. The van der Waals surface area contributed by atoms with E-state index in [2.05, 4.69) is 17.3 Å². The highest BCUT2D eigenvalue weighted by molar-refractivity contribution is 4.93. The maximum absolute atomic E-state index is 3.47. The molecule has 2 aliphatic carbocycles. The monoisotopic (exact) mass is 278 g/mol. The van der Waals surface area contributed by atoms with E-state index < -0.39 is 0 Å². The Bertz CT molecular complexity index is 291. The smallest absolute Gasteiger partial charge is 0.00501 e. The molecular formula is C18H34N2. The van der Waals surface area contributed by atoms with Crippen molar-refractivity contribution in [1.82, 2.24) is 10.2 Å². The van der Waals surface area contributed by atoms with Gasteiger partial charge in [-0.15, -0.1) is 0 Å². The Hall–Kier alpha value is -0.0800. The van der Waals surface area contributed by atoms with Gasteiger partial charge in [0.2, 0.25) is 0 Å². The van der Waals surface area contributed by atoms with Gasteiger partial charge in [0.15, 0.2) is 0 Å². The van der Waals surface area contributed by atoms with Gasteiger partial charge in [-0.25, -0.2) is 0 Å². The highest BCUT2D eigenvalue weighted by Gasteiger charge is 2.39. The molecule has 1 saturated heterocycles. The van der Waals surface area contributed by atoms with Crippen LogP contribution in [0.2, 0.25) is 0 Å². The second-order valence-electron chi connectivity index (χ2n) is 8.07. The van der Waals surface area contributed by atoms with E-state index >= 15 is 0 Å². The molecule has 2 nitrogen and oxygen atoms in total. The van der Waals surface area contributed by atoms with Crippen LogP contribution >= 0.6 is 0 Å². The van der Waals surface area contributed by atoms with Crippen molar-refractivity contribution in [3.8, 4) is 0 Å². The van der Waals surface area contributed by atoms with Crippen LogP contribution in [0.15, 0.2) is 0 Å². The summed E-state index contributed by atoms with van der Waals surface area (Å²) in [6, 6.07) is 0. The first kappa shape index (κ1) is 14.8. The number of likely N-dealkylation sites (tertiary alicyclic amines) is 1. The zero-order valence-corrected chi connectivity index (χ0v) is 13.6. The average molecular weight is 278 g/mol. The van der Waals surface area contributed by atoms with Crippen LogP contribution in [0.25, 0.3) is 0 Å². The van der Waals surface area contributed by atoms with E-state index in [0.29, 0.717) is 5.41 Å². The number of hydrogen-bond donors (Lipinski definition) is 1. The zero-order chi connectivity index (χ0) is 13.9. The van der Waals surface area contributed by atoms with Crippen LogP contribution in [-0.4, -0.2) is 38.1 Å². The fraction of sp³-hybridized carbons (Fsp3) is 1.00. The third-order valence-electron chi connectivity index (χ3n) is 6.61. The zero-order valence-electron chi connectivity index (χ0n) is 13.6. The summed E-state index contributed by atoms with van der Waals surface area (Å²) in [5.74, 6) is 0. The van der Waals surface area contributed by atoms with E-state index in [0.717, 1.165) is 5.41 Å². The Morgan fingerprint density at radius 2 is 1.40 bits per heavy atom. The lowest BCUT2D eigenvalue weighted by Crippen LogP contribution is -2.47. The van der Waals surface area contributed by atoms with Gasteiger partial charge in [0.25, 0.3) is 0 Å². The number of piperidine rings is 1. The predicted molar refractivity (Wildman–Crippen MR) is 86.0 cm³/mol. The van der Waals surface area contributed by atoms with Gasteiger partial charge in [0, 0.05) is 13.1 Å². The van der Waals surface area contributed by atoms with Crippen molar-refractivity contribution in [2.75, 3.05) is 33.2 Å². The number of rotatable bonds is 4. The third kappa shape index (κ3) is 3.22. The van der Waals surface area contributed by atoms with Crippen molar-refractivity contribution >= 4 is 0 Å². The minimum Gasteiger partial charge on any atom is -0.319 e. The molecule has 1 spiro atoms. The topological polar surface area (TPSA) is 15.3 Å². The highest BCUT2D eigenvalue weighted by Crippen LogP contribution is 2.46. The molecule has 1 N–H and O–H groups in total. The Morgan fingerprint density at radius 3 is 2.00 bits per heavy atom. The molecule has 0 unspecified atom stereocenters. The van der Waals surface area contributed by atoms with Gasteiger partial charge in [-0.05, 0) is 69.5 Å². The maximum atomic E-state index is 3.47. The molecule has 0 aromatic carbocycles. The molecule has 3 fully saturated rings. The number of nitrogens with zero attached hydrogens (tertiary/aromatic N) is 1. The lowest BCUT2D eigenvalue weighted by Gasteiger charge is -2.46. The van der Waals surface area contributed by atoms with Gasteiger partial charge in [0.1, 0.15) is 0 Å². The van der Waals surface area contributed by atoms with Crippen LogP contribution in [-0.2, 0) is 0 Å². The molecule has 0 aromatic heterocycles. The van der Waals surface area contributed by atoms with Crippen molar-refractivity contribution in [2.45, 2.75) is 70.6 Å². The van der Waals surface area contributed by atoms with E-state index in [1.165, 1.54) is 96.8 Å². The van der Waals surface area contributed by atoms with E-state index in [1.54, 1.807) is 0 Å². The van der Waals surface area contributed by atoms with Gasteiger partial charge >= 0.3 is 0 Å². The van der Waals surface area contributed by atoms with Crippen LogP contribution in [0.1, 0.15) is 70.6 Å². The summed E-state index contributed by atoms with van der Waals surface area (Å²) in [6.07, 6.45) is 16.4. The van der Waals surface area contributed by atoms with E-state index in [4.69, 9.17) is 0 Å². The number of nitrogens with one attached hydrogen (secondary N) is 1. The second-order valence-corrected chi connectivity index (χ2v) is 8.07. The summed E-state index contributed by atoms with van der Waals surface area (Å²) < 4.78 is 0. The Balaban J connectivity index is 1.52. The molecule has 2 saturated carbocycles. The van der Waals surface area contributed by atoms with E-state index in [1.807, 2.05) is 0 Å². The Labute approximate surface area is 125 Å². The summed E-state index contributed by atoms with van der Waals surface area (Å²) in [7, 11) is 2.13. The number of hydrogen-bond acceptors (Lipinski definition) is 2. The molecule has 3 rings (SSSR count). The molecule has 0 radical (unpaired) electrons. The molecule has 0 bridgehead atoms. The maximum Gasteiger partial charge on any atom is 0.00501 e. The van der Waals surface area contributed by atoms with Crippen LogP contribution < -0.4 is 5.32 Å². The molecular weight excluding hydrogens is 244 g/mol. The van der Waals surface area contributed by atoms with Crippen LogP contribution in [0.5, 0.6) is 0 Å². The van der Waals surface area contributed by atoms with Gasteiger partial charge in [-0.3, -0.25) is 0 Å². The van der Waals surface area contributed by atoms with Crippen molar-refractivity contribution in [3.63, 3.8) is 0 Å². The first-order chi connectivity index (χ1) is 9.76. The van der Waals surface area contributed by atoms with Gasteiger partial charge < -0.3 is 10.2 Å². The summed E-state index contributed by atoms with van der Waals surface area (Å²) in [4.78, 5) is 2.81. The van der Waals surface area contributed by atoms with Crippen LogP contribution in [0, 0.1) is 10.8 Å². The molecule has 116 valence electrons. The first-order valence-corrected chi connectivity index (χ1v) is 9.13. The standard InChI is InChI=1S/C18H34N2/c1-19-15-18(9-5-6-10-18)16-20-13-11-17(12-14-20)7-3-2-4-8-17/h19H,2-16H2,1H3. The van der Waals surface area contributed by atoms with Crippen LogP contribution in [0.3, 0.4) is 0 Å². The SMILES string of the molecule is CNCC1(CN2CCC3(CCCCC3)CC2)CCCC1. The van der Waals surface area contributed by atoms with E-state index in [9.17, 15) is 0 Å². The van der Waals surface area contributed by atoms with Crippen molar-refractivity contribution in [1.29, 1.82) is 0 Å². The molecule has 1 heterocycles. The largest absolute Gasteiger partial charge is 0.319 e. The summed E-state index contributed by atoms with van der Waals surface area (Å²) in [5.41, 5.74) is 1.37. The van der Waals surface area contributed by atoms with E-state index in [-0.39, 0.29) is 0 Å². The average Bonchev–Trinajstić information content (AvgIpc) is 2.92. The lowest BCUT2D eigenvalue weighted by molar-refractivity contribution is 0.0429. The molecule has 0 atom stereocenters. The Morgan fingerprint density at radius 1 is 0.800 bits per heavy atom. The molecule has 3 aliphatic rings. The molecule has 2 heteroatoms.